The summed E-state index contributed by atoms with van der Waals surface area (Å²) in [5.74, 6) is -1.81. The van der Waals surface area contributed by atoms with E-state index in [0.717, 1.165) is 175 Å². The fourth-order valence-corrected chi connectivity index (χ4v) is 30.2. The van der Waals surface area contributed by atoms with Gasteiger partial charge >= 0.3 is 53.4 Å². The third kappa shape index (κ3) is 26.1. The van der Waals surface area contributed by atoms with E-state index >= 15 is 0 Å². The molecule has 2 aromatic rings. The molecule has 0 saturated heterocycles. The van der Waals surface area contributed by atoms with Crippen molar-refractivity contribution in [2.75, 3.05) is 13.7 Å². The summed E-state index contributed by atoms with van der Waals surface area (Å²) in [6.45, 7) is 66.1. The number of allylic oxidation sites excluding steroid dienone is 9. The first kappa shape index (κ1) is 136. The number of carbonyl (C=O) groups is 13. The van der Waals surface area contributed by atoms with Crippen molar-refractivity contribution < 1.29 is 132 Å². The zero-order chi connectivity index (χ0) is 113. The number of thioether (sulfide) groups is 2. The summed E-state index contributed by atoms with van der Waals surface area (Å²) in [7, 11) is 1.00. The average Bonchev–Trinajstić information content (AvgIpc) is 0.684. The number of carbonyl (C=O) groups excluding carboxylic acids is 13. The van der Waals surface area contributed by atoms with E-state index in [1.807, 2.05) is 82.2 Å². The van der Waals surface area contributed by atoms with Gasteiger partial charge in [0, 0.05) is 115 Å². The summed E-state index contributed by atoms with van der Waals surface area (Å²) in [5, 5.41) is 45.7. The molecule has 0 heterocycles. The van der Waals surface area contributed by atoms with Crippen molar-refractivity contribution in [1.29, 1.82) is 0 Å². The van der Waals surface area contributed by atoms with E-state index in [4.69, 9.17) is 48.5 Å². The number of hydrogen-bond acceptors (Lipinski definition) is 24. The molecule has 3 amide bonds. The van der Waals surface area contributed by atoms with Crippen LogP contribution in [0.5, 0.6) is 23.0 Å². The number of phenolic OH excluding ortho intramolecular Hbond substituents is 2. The minimum atomic E-state index is -0.562. The van der Waals surface area contributed by atoms with Gasteiger partial charge in [0.05, 0.1) is 10.5 Å². The van der Waals surface area contributed by atoms with Gasteiger partial charge in [-0.25, -0.2) is 0 Å². The van der Waals surface area contributed by atoms with Crippen LogP contribution in [0.25, 0.3) is 0 Å². The van der Waals surface area contributed by atoms with Gasteiger partial charge in [0.15, 0.2) is 49.2 Å². The Morgan fingerprint density at radius 2 is 0.760 bits per heavy atom. The van der Waals surface area contributed by atoms with Crippen LogP contribution >= 0.6 is 60.4 Å². The van der Waals surface area contributed by atoms with Gasteiger partial charge in [-0.1, -0.05) is 245 Å². The van der Waals surface area contributed by atoms with E-state index in [-0.39, 0.29) is 235 Å². The van der Waals surface area contributed by atoms with E-state index < -0.39 is 45.5 Å². The number of aliphatic hydroxyl groups is 3. The second-order valence-corrected chi connectivity index (χ2v) is 53.2. The largest absolute Gasteiger partial charge is 1.00 e. The zero-order valence-electron chi connectivity index (χ0n) is 95.9. The van der Waals surface area contributed by atoms with Crippen molar-refractivity contribution in [3.05, 3.63) is 115 Å². The zero-order valence-corrected chi connectivity index (χ0v) is 103. The molecule has 13 aliphatic rings. The maximum atomic E-state index is 13.4. The van der Waals surface area contributed by atoms with Crippen LogP contribution in [0.3, 0.4) is 0 Å². The Hall–Kier alpha value is -6.25. The van der Waals surface area contributed by atoms with Gasteiger partial charge in [0.25, 0.3) is 0 Å². The predicted octanol–water partition coefficient (Wildman–Crippen LogP) is 22.1. The molecule has 31 heteroatoms. The van der Waals surface area contributed by atoms with Crippen LogP contribution in [-0.4, -0.2) is 112 Å². The van der Waals surface area contributed by atoms with Crippen LogP contribution in [0.2, 0.25) is 0 Å². The molecule has 0 bridgehead atoms. The average molecular weight is 2210 g/mol. The Labute approximate surface area is 949 Å². The van der Waals surface area contributed by atoms with Gasteiger partial charge in [0.2, 0.25) is 28.7 Å². The molecule has 9 fully saturated rings. The number of ether oxygens (including phenoxy) is 3. The quantitative estimate of drug-likeness (QED) is 0.0109. The second-order valence-electron chi connectivity index (χ2n) is 49.6. The number of fused-ring (bicyclic) bond motifs is 21. The molecule has 2 unspecified atom stereocenters. The van der Waals surface area contributed by atoms with Crippen LogP contribution in [0, 0.1) is 132 Å². The molecular formula is C119H181ClN3NaO21S5. The number of thiol groups is 3. The molecule has 13 aliphatic carbocycles. The number of aliphatic hydroxyl groups excluding tert-OH is 3. The summed E-state index contributed by atoms with van der Waals surface area (Å²) in [6, 6.07) is 3.66. The third-order valence-electron chi connectivity index (χ3n) is 38.4. The number of benzene rings is 2. The topological polar surface area (TPSA) is 429 Å². The van der Waals surface area contributed by atoms with Gasteiger partial charge in [-0.3, -0.25) is 62.3 Å². The molecule has 24 nitrogen and oxygen atoms in total. The molecule has 9 saturated carbocycles. The monoisotopic (exact) mass is 2210 g/mol. The third-order valence-corrected chi connectivity index (χ3v) is 42.5. The number of rotatable bonds is 12. The predicted molar refractivity (Wildman–Crippen MR) is 607 cm³/mol. The number of amides is 3. The van der Waals surface area contributed by atoms with E-state index in [9.17, 15) is 77.6 Å². The van der Waals surface area contributed by atoms with Gasteiger partial charge in [-0.05, 0) is 298 Å². The maximum absolute atomic E-state index is 13.4. The summed E-state index contributed by atoms with van der Waals surface area (Å²) >= 11 is 14.8. The van der Waals surface area contributed by atoms with Crippen LogP contribution in [-0.2, 0) is 91.4 Å². The van der Waals surface area contributed by atoms with Gasteiger partial charge in [-0.2, -0.15) is 0 Å². The van der Waals surface area contributed by atoms with E-state index in [1.54, 1.807) is 32.9 Å². The first-order valence-electron chi connectivity index (χ1n) is 52.7. The van der Waals surface area contributed by atoms with Gasteiger partial charge < -0.3 is 70.4 Å². The molecule has 15 rings (SSSR count). The minimum Gasteiger partial charge on any atom is -0.813 e. The number of halogens is 1. The molecule has 2 aromatic carbocycles. The Bertz CT molecular complexity index is 5630. The van der Waals surface area contributed by atoms with Crippen molar-refractivity contribution in [3.8, 4) is 23.0 Å². The second kappa shape index (κ2) is 50.7. The molecule has 0 radical (unpaired) electrons. The van der Waals surface area contributed by atoms with E-state index in [1.165, 1.54) is 67.9 Å². The van der Waals surface area contributed by atoms with E-state index in [2.05, 4.69) is 158 Å². The SMILES string of the molecule is C.CC(=O)OC(C)=O.CC(=O)Oc1cc2c(c(C)c1OC(C)=O)C(SC(=O)C(C)C)C=C1[C@@]2(C)CC[C@@]2(C)[C@@H]3C[C@](C)(C(N)=O)CC[C@]3(C)CC[C@]12C.CC(C)C(=O)Cl.CC(C)C(=O)S.CC(C)C(=O)S.CC1=C(O)C(=O)C=C2C1=CC=C1[C@@]2(C)CC[C@@]2(C)[C@@H]3C[C@](C)(C(N)=O)CC[C@]3(C)CC[C@]12C.CCO.CO.Cc1c(O)c(O)cc2c1C(SC(=O)C(C)C)C=C1[C@@]2(C)CC[C@@]2(C)[C@@H]3C[C@](C)(C(N)=O)CC[C@]3(C)CC[C@]12C.[Na+].[SH-]. The van der Waals surface area contributed by atoms with Crippen LogP contribution < -0.4 is 56.2 Å². The summed E-state index contributed by atoms with van der Waals surface area (Å²) in [5.41, 5.74) is 27.9. The van der Waals surface area contributed by atoms with Crippen molar-refractivity contribution in [1.82, 2.24) is 0 Å². The number of hydrogen-bond donors (Lipinski definition) is 10. The van der Waals surface area contributed by atoms with Crippen LogP contribution in [0.15, 0.2) is 81.7 Å². The fraction of sp³-hybridized carbons (Fsp3) is 0.689. The molecule has 836 valence electrons. The molecule has 0 aromatic heterocycles. The summed E-state index contributed by atoms with van der Waals surface area (Å²) in [6.07, 6.45) is 31.2. The molecule has 150 heavy (non-hydrogen) atoms. The fourth-order valence-electron chi connectivity index (χ4n) is 27.9. The van der Waals surface area contributed by atoms with Crippen molar-refractivity contribution in [2.24, 2.45) is 135 Å². The normalized spacial score (nSPS) is 33.7. The van der Waals surface area contributed by atoms with Gasteiger partial charge in [0.1, 0.15) is 0 Å². The van der Waals surface area contributed by atoms with Crippen LogP contribution in [0.1, 0.15) is 401 Å². The first-order chi connectivity index (χ1) is 67.3. The number of primary amides is 3. The van der Waals surface area contributed by atoms with Gasteiger partial charge in [-0.15, -0.1) is 25.3 Å². The standard InChI is InChI=1S/C37H51NO6S.C33H47NO4S.C29H39NO3.C4H7ClO.C4H6O3.2C4H8OS.C2H6O.CH4O.CH4.Na.H2S/c1-20(2)31(41)45-26-18-27-35(8,24-17-25(43-22(4)39)30(44-23(5)40)21(3)29(24)26)14-16-37(10)28-19-34(7,32(38)42)12-11-33(28,6)13-15-36(27,37)9;1-18(2)27(37)39-22-16-23-31(6,20-15-21(35)26(36)19(3)25(20)22)12-14-33(8)24-17-30(5,28(34)38)10-9-29(24,4)11-13-32(23,33)7;1-17-18-7-8-21-27(4,19(18)15-20(31)23(17)32)12-14-29(6)22-16-26(3,24(30)33)10-9-25(22,2)11-13-28(21,29)5;1-3(2)4(5)6;1-3(5)7-4(2)6;2*1-3(2)4(5)6;1-2-3;1-2;;;/h17-18,20,26,28H,11-16,19H2,1-10H3,(H2,38,42);15-16,18,22,24,35-36H,9-14,17H2,1-8H3,(H2,34,38);7-8,15,22,32H,9-14,16H2,1-6H3,(H2,30,33);3H,1-2H3;1-2H3;2*3H,1-2H3,(H,5,6);3H,2H2,1H3;2H,1H3;1H4;;1H2/q;;;;;;;;;;+1;/p-1/t26?,28-,33-,34-,35+,36-,37+;22?,24-,29-,30-,31+,32-,33+;22-,25-,26-,27+,28-,29+;;;;;;;;;/m111........./s1. The summed E-state index contributed by atoms with van der Waals surface area (Å²) < 4.78 is 15.3. The Balaban J connectivity index is 0.000000409. The number of nitrogens with two attached hydrogens (primary N) is 3. The Kier molecular flexibility index (Phi) is 46.0. The number of aromatic hydroxyl groups is 2. The molecular weight excluding hydrogens is 2030 g/mol. The number of ketones is 1. The van der Waals surface area contributed by atoms with Crippen molar-refractivity contribution >= 4 is 147 Å². The number of esters is 4. The molecule has 0 aliphatic heterocycles. The Morgan fingerprint density at radius 3 is 1.05 bits per heavy atom. The summed E-state index contributed by atoms with van der Waals surface area (Å²) in [4.78, 5) is 151. The van der Waals surface area contributed by atoms with Crippen molar-refractivity contribution in [3.63, 3.8) is 0 Å². The molecule has 0 spiro atoms. The number of phenols is 2. The Morgan fingerprint density at radius 1 is 0.453 bits per heavy atom. The molecule has 11 N–H and O–H groups in total. The minimum absolute atomic E-state index is 0. The van der Waals surface area contributed by atoms with E-state index in [0.29, 0.717) is 34.5 Å². The van der Waals surface area contributed by atoms with Crippen molar-refractivity contribution in [2.45, 2.75) is 392 Å². The van der Waals surface area contributed by atoms with Crippen LogP contribution in [0.4, 0.5) is 0 Å². The molecule has 20 atom stereocenters. The maximum Gasteiger partial charge on any atom is 1.00 e. The smallest absolute Gasteiger partial charge is 0.813 e. The first-order valence-corrected chi connectivity index (χ1v) is 55.7.